The van der Waals surface area contributed by atoms with E-state index in [9.17, 15) is 0 Å². The molecule has 0 bridgehead atoms. The Morgan fingerprint density at radius 1 is 1.40 bits per heavy atom. The maximum atomic E-state index is 5.65. The Morgan fingerprint density at radius 3 is 3.10 bits per heavy atom. The second-order valence-electron chi connectivity index (χ2n) is 2.03. The third kappa shape index (κ3) is 0.772. The Balaban J connectivity index is 2.88. The number of halogens is 1. The minimum absolute atomic E-state index is 0.534. The van der Waals surface area contributed by atoms with Crippen molar-refractivity contribution in [1.82, 2.24) is 9.38 Å². The molecule has 0 N–H and O–H groups in total. The van der Waals surface area contributed by atoms with Crippen LogP contribution in [-0.4, -0.2) is 9.38 Å². The van der Waals surface area contributed by atoms with Gasteiger partial charge in [0.05, 0.1) is 0 Å². The van der Waals surface area contributed by atoms with E-state index in [1.807, 2.05) is 28.8 Å². The normalized spacial score (nSPS) is 10.5. The minimum Gasteiger partial charge on any atom is -0.306 e. The summed E-state index contributed by atoms with van der Waals surface area (Å²) in [4.78, 5) is 4.04. The quantitative estimate of drug-likeness (QED) is 0.566. The van der Waals surface area contributed by atoms with Crippen molar-refractivity contribution < 1.29 is 0 Å². The standard InChI is InChI=1S/C7H5ClN2/c8-6-5-10-4-2-1-3-7(10)9-6/h1-5H/i5+1. The molecule has 0 radical (unpaired) electrons. The van der Waals surface area contributed by atoms with Crippen molar-refractivity contribution in [3.05, 3.63) is 35.7 Å². The first-order valence-corrected chi connectivity index (χ1v) is 3.33. The van der Waals surface area contributed by atoms with Gasteiger partial charge in [0.2, 0.25) is 0 Å². The molecule has 2 aromatic rings. The number of aromatic nitrogens is 2. The summed E-state index contributed by atoms with van der Waals surface area (Å²) in [6.07, 6.45) is 3.69. The Labute approximate surface area is 63.1 Å². The van der Waals surface area contributed by atoms with E-state index in [-0.39, 0.29) is 0 Å². The SMILES string of the molecule is Clc1[13cH]n2ccccc2n1. The van der Waals surface area contributed by atoms with Crippen LogP contribution in [0.5, 0.6) is 0 Å². The summed E-state index contributed by atoms with van der Waals surface area (Å²) in [5.41, 5.74) is 0.882. The third-order valence-corrected chi connectivity index (χ3v) is 1.52. The third-order valence-electron chi connectivity index (χ3n) is 1.33. The highest BCUT2D eigenvalue weighted by Crippen LogP contribution is 2.07. The lowest BCUT2D eigenvalue weighted by atomic mass is 10.5. The highest BCUT2D eigenvalue weighted by molar-refractivity contribution is 6.29. The second-order valence-corrected chi connectivity index (χ2v) is 2.42. The lowest BCUT2D eigenvalue weighted by Crippen LogP contribution is -1.77. The fraction of sp³-hybridized carbons (Fsp3) is 0. The molecule has 0 aliphatic rings. The van der Waals surface area contributed by atoms with Crippen molar-refractivity contribution in [2.45, 2.75) is 0 Å². The number of fused-ring (bicyclic) bond motifs is 1. The number of hydrogen-bond donors (Lipinski definition) is 0. The summed E-state index contributed by atoms with van der Waals surface area (Å²) < 4.78 is 1.88. The van der Waals surface area contributed by atoms with Crippen LogP contribution in [-0.2, 0) is 0 Å². The Kier molecular flexibility index (Phi) is 1.14. The van der Waals surface area contributed by atoms with E-state index in [4.69, 9.17) is 11.6 Å². The molecule has 50 valence electrons. The predicted molar refractivity (Wildman–Crippen MR) is 40.2 cm³/mol. The van der Waals surface area contributed by atoms with E-state index in [0.29, 0.717) is 5.15 Å². The van der Waals surface area contributed by atoms with Crippen LogP contribution in [0.25, 0.3) is 5.65 Å². The van der Waals surface area contributed by atoms with Crippen LogP contribution < -0.4 is 0 Å². The van der Waals surface area contributed by atoms with Crippen molar-refractivity contribution in [1.29, 1.82) is 0 Å². The van der Waals surface area contributed by atoms with Gasteiger partial charge in [0.25, 0.3) is 0 Å². The molecule has 0 aliphatic heterocycles. The number of imidazole rings is 1. The molecule has 0 amide bonds. The predicted octanol–water partition coefficient (Wildman–Crippen LogP) is 1.99. The largest absolute Gasteiger partial charge is 0.306 e. The summed E-state index contributed by atoms with van der Waals surface area (Å²) in [7, 11) is 0. The molecule has 0 aromatic carbocycles. The van der Waals surface area contributed by atoms with Crippen molar-refractivity contribution >= 4 is 17.2 Å². The Bertz CT molecular complexity index is 320. The molecule has 10 heavy (non-hydrogen) atoms. The van der Waals surface area contributed by atoms with Crippen LogP contribution in [0, 0.1) is 0 Å². The molecule has 2 heterocycles. The van der Waals surface area contributed by atoms with Gasteiger partial charge in [0.1, 0.15) is 10.8 Å². The molecule has 0 atom stereocenters. The van der Waals surface area contributed by atoms with Gasteiger partial charge >= 0.3 is 0 Å². The fourth-order valence-corrected chi connectivity index (χ4v) is 1.10. The van der Waals surface area contributed by atoms with Crippen molar-refractivity contribution in [2.24, 2.45) is 0 Å². The van der Waals surface area contributed by atoms with Crippen LogP contribution in [0.3, 0.4) is 0 Å². The van der Waals surface area contributed by atoms with Gasteiger partial charge < -0.3 is 4.40 Å². The molecular formula is C7H5ClN2. The number of pyridine rings is 1. The van der Waals surface area contributed by atoms with Crippen LogP contribution in [0.1, 0.15) is 0 Å². The first-order valence-electron chi connectivity index (χ1n) is 2.95. The van der Waals surface area contributed by atoms with Crippen LogP contribution in [0.4, 0.5) is 0 Å². The molecule has 0 unspecified atom stereocenters. The molecule has 0 aliphatic carbocycles. The van der Waals surface area contributed by atoms with E-state index in [1.165, 1.54) is 0 Å². The van der Waals surface area contributed by atoms with E-state index in [1.54, 1.807) is 6.20 Å². The molecule has 2 rings (SSSR count). The minimum atomic E-state index is 0.534. The lowest BCUT2D eigenvalue weighted by Gasteiger charge is -1.86. The molecule has 0 saturated heterocycles. The molecular weight excluding hydrogens is 149 g/mol. The van der Waals surface area contributed by atoms with E-state index < -0.39 is 0 Å². The van der Waals surface area contributed by atoms with Gasteiger partial charge in [-0.1, -0.05) is 17.7 Å². The zero-order valence-electron chi connectivity index (χ0n) is 5.16. The molecule has 0 fully saturated rings. The van der Waals surface area contributed by atoms with Crippen molar-refractivity contribution in [3.8, 4) is 0 Å². The number of nitrogens with zero attached hydrogens (tertiary/aromatic N) is 2. The smallest absolute Gasteiger partial charge is 0.148 e. The Morgan fingerprint density at radius 2 is 2.30 bits per heavy atom. The first kappa shape index (κ1) is 5.74. The van der Waals surface area contributed by atoms with Gasteiger partial charge in [-0.05, 0) is 12.1 Å². The lowest BCUT2D eigenvalue weighted by molar-refractivity contribution is 1.19. The molecule has 2 nitrogen and oxygen atoms in total. The van der Waals surface area contributed by atoms with Crippen molar-refractivity contribution in [3.63, 3.8) is 0 Å². The second kappa shape index (κ2) is 1.99. The average Bonchev–Trinajstić information content (AvgIpc) is 2.27. The summed E-state index contributed by atoms with van der Waals surface area (Å²) in [6, 6.07) is 5.77. The van der Waals surface area contributed by atoms with Crippen LogP contribution in [0.15, 0.2) is 30.6 Å². The van der Waals surface area contributed by atoms with Crippen LogP contribution >= 0.6 is 11.6 Å². The zero-order valence-corrected chi connectivity index (χ0v) is 5.92. The summed E-state index contributed by atoms with van der Waals surface area (Å²) in [5, 5.41) is 0.534. The Hall–Kier alpha value is -1.02. The van der Waals surface area contributed by atoms with Gasteiger partial charge in [-0.15, -0.1) is 0 Å². The monoisotopic (exact) mass is 153 g/mol. The van der Waals surface area contributed by atoms with E-state index >= 15 is 0 Å². The van der Waals surface area contributed by atoms with Gasteiger partial charge in [-0.25, -0.2) is 4.98 Å². The zero-order chi connectivity index (χ0) is 6.97. The molecule has 0 spiro atoms. The summed E-state index contributed by atoms with van der Waals surface area (Å²) in [6.45, 7) is 0. The highest BCUT2D eigenvalue weighted by atomic mass is 35.5. The van der Waals surface area contributed by atoms with Gasteiger partial charge in [-0.3, -0.25) is 0 Å². The number of rotatable bonds is 0. The summed E-state index contributed by atoms with van der Waals surface area (Å²) >= 11 is 5.65. The maximum Gasteiger partial charge on any atom is 0.148 e. The fourth-order valence-electron chi connectivity index (χ4n) is 0.904. The first-order chi connectivity index (χ1) is 4.86. The maximum absolute atomic E-state index is 5.65. The summed E-state index contributed by atoms with van der Waals surface area (Å²) in [5.74, 6) is 0. The molecule has 3 heteroatoms. The van der Waals surface area contributed by atoms with Crippen LogP contribution in [0.2, 0.25) is 5.15 Å². The topological polar surface area (TPSA) is 17.3 Å². The molecule has 2 aromatic heterocycles. The average molecular weight is 154 g/mol. The van der Waals surface area contributed by atoms with Crippen molar-refractivity contribution in [2.75, 3.05) is 0 Å². The molecule has 0 saturated carbocycles. The highest BCUT2D eigenvalue weighted by Gasteiger charge is 1.93. The van der Waals surface area contributed by atoms with E-state index in [0.717, 1.165) is 5.65 Å². The van der Waals surface area contributed by atoms with Gasteiger partial charge in [0, 0.05) is 12.4 Å². The van der Waals surface area contributed by atoms with Gasteiger partial charge in [-0.2, -0.15) is 0 Å². The van der Waals surface area contributed by atoms with Gasteiger partial charge in [0.15, 0.2) is 0 Å². The number of hydrogen-bond acceptors (Lipinski definition) is 1. The van der Waals surface area contributed by atoms with E-state index in [2.05, 4.69) is 4.98 Å².